The second-order valence-corrected chi connectivity index (χ2v) is 6.29. The summed E-state index contributed by atoms with van der Waals surface area (Å²) in [5.74, 6) is -0.290. The summed E-state index contributed by atoms with van der Waals surface area (Å²) in [7, 11) is 0. The molecule has 2 rings (SSSR count). The molecular formula is C18H20N2O3. The first kappa shape index (κ1) is 16.5. The number of amides is 2. The van der Waals surface area contributed by atoms with Crippen LogP contribution < -0.4 is 10.6 Å². The Morgan fingerprint density at radius 2 is 1.57 bits per heavy atom. The lowest BCUT2D eigenvalue weighted by Crippen LogP contribution is -2.27. The predicted molar refractivity (Wildman–Crippen MR) is 90.6 cm³/mol. The highest BCUT2D eigenvalue weighted by Gasteiger charge is 2.21. The Balaban J connectivity index is 2.04. The van der Waals surface area contributed by atoms with Crippen LogP contribution in [0.3, 0.4) is 0 Å². The Bertz CT molecular complexity index is 716. The second-order valence-electron chi connectivity index (χ2n) is 6.29. The summed E-state index contributed by atoms with van der Waals surface area (Å²) < 4.78 is 0. The summed E-state index contributed by atoms with van der Waals surface area (Å²) in [6.45, 7) is 5.50. The Morgan fingerprint density at radius 3 is 2.13 bits per heavy atom. The number of benzene rings is 2. The van der Waals surface area contributed by atoms with Crippen molar-refractivity contribution in [1.82, 2.24) is 0 Å². The zero-order valence-corrected chi connectivity index (χ0v) is 13.4. The quantitative estimate of drug-likeness (QED) is 0.810. The molecule has 5 heteroatoms. The molecule has 0 spiro atoms. The number of anilines is 2. The highest BCUT2D eigenvalue weighted by atomic mass is 16.3. The molecule has 0 bridgehead atoms. The average molecular weight is 312 g/mol. The largest absolute Gasteiger partial charge is 0.508 e. The standard InChI is InChI=1S/C18H20N2O3/c1-18(2,3)17(23)20-13-9-7-12(8-10-13)16(22)19-14-5-4-6-15(21)11-14/h4-11,21H,1-3H3,(H,19,22)(H,20,23). The van der Waals surface area contributed by atoms with Crippen molar-refractivity contribution in [3.63, 3.8) is 0 Å². The topological polar surface area (TPSA) is 78.4 Å². The van der Waals surface area contributed by atoms with Crippen LogP contribution in [-0.2, 0) is 4.79 Å². The number of carbonyl (C=O) groups is 2. The molecule has 0 aliphatic rings. The van der Waals surface area contributed by atoms with E-state index in [9.17, 15) is 14.7 Å². The maximum absolute atomic E-state index is 12.1. The molecule has 2 aromatic carbocycles. The fourth-order valence-electron chi connectivity index (χ4n) is 1.81. The maximum Gasteiger partial charge on any atom is 0.255 e. The van der Waals surface area contributed by atoms with E-state index >= 15 is 0 Å². The van der Waals surface area contributed by atoms with E-state index in [1.807, 2.05) is 20.8 Å². The second kappa shape index (κ2) is 6.52. The van der Waals surface area contributed by atoms with E-state index in [-0.39, 0.29) is 17.6 Å². The molecule has 3 N–H and O–H groups in total. The van der Waals surface area contributed by atoms with Crippen LogP contribution in [0.15, 0.2) is 48.5 Å². The zero-order chi connectivity index (χ0) is 17.0. The van der Waals surface area contributed by atoms with Crippen molar-refractivity contribution in [2.24, 2.45) is 5.41 Å². The summed E-state index contributed by atoms with van der Waals surface area (Å²) in [6.07, 6.45) is 0. The number of carbonyl (C=O) groups excluding carboxylic acids is 2. The molecule has 2 amide bonds. The van der Waals surface area contributed by atoms with E-state index in [1.165, 1.54) is 12.1 Å². The van der Waals surface area contributed by atoms with Gasteiger partial charge in [0.2, 0.25) is 5.91 Å². The molecule has 0 aromatic heterocycles. The Hall–Kier alpha value is -2.82. The van der Waals surface area contributed by atoms with Gasteiger partial charge in [-0.05, 0) is 36.4 Å². The van der Waals surface area contributed by atoms with Crippen LogP contribution in [0.25, 0.3) is 0 Å². The van der Waals surface area contributed by atoms with E-state index in [0.29, 0.717) is 16.9 Å². The minimum Gasteiger partial charge on any atom is -0.508 e. The van der Waals surface area contributed by atoms with Gasteiger partial charge < -0.3 is 15.7 Å². The third kappa shape index (κ3) is 4.57. The molecule has 0 atom stereocenters. The maximum atomic E-state index is 12.1. The van der Waals surface area contributed by atoms with Crippen LogP contribution in [0, 0.1) is 5.41 Å². The molecule has 5 nitrogen and oxygen atoms in total. The summed E-state index contributed by atoms with van der Waals surface area (Å²) in [5, 5.41) is 14.9. The first-order valence-electron chi connectivity index (χ1n) is 7.27. The Morgan fingerprint density at radius 1 is 0.913 bits per heavy atom. The van der Waals surface area contributed by atoms with Gasteiger partial charge >= 0.3 is 0 Å². The van der Waals surface area contributed by atoms with Crippen LogP contribution in [0.1, 0.15) is 31.1 Å². The molecule has 0 heterocycles. The van der Waals surface area contributed by atoms with Crippen LogP contribution in [-0.4, -0.2) is 16.9 Å². The van der Waals surface area contributed by atoms with Gasteiger partial charge in [0.15, 0.2) is 0 Å². The third-order valence-corrected chi connectivity index (χ3v) is 3.19. The van der Waals surface area contributed by atoms with E-state index in [1.54, 1.807) is 36.4 Å². The molecule has 120 valence electrons. The fourth-order valence-corrected chi connectivity index (χ4v) is 1.81. The molecule has 0 aliphatic heterocycles. The van der Waals surface area contributed by atoms with Crippen LogP contribution in [0.2, 0.25) is 0 Å². The van der Waals surface area contributed by atoms with Gasteiger partial charge in [0, 0.05) is 28.4 Å². The van der Waals surface area contributed by atoms with Crippen LogP contribution in [0.4, 0.5) is 11.4 Å². The lowest BCUT2D eigenvalue weighted by molar-refractivity contribution is -0.123. The van der Waals surface area contributed by atoms with E-state index in [0.717, 1.165) is 0 Å². The molecule has 0 saturated heterocycles. The monoisotopic (exact) mass is 312 g/mol. The zero-order valence-electron chi connectivity index (χ0n) is 13.4. The fraction of sp³-hybridized carbons (Fsp3) is 0.222. The summed E-state index contributed by atoms with van der Waals surface area (Å²) in [6, 6.07) is 13.0. The summed E-state index contributed by atoms with van der Waals surface area (Å²) in [5.41, 5.74) is 1.13. The van der Waals surface area contributed by atoms with Gasteiger partial charge in [0.25, 0.3) is 5.91 Å². The van der Waals surface area contributed by atoms with Crippen LogP contribution in [0.5, 0.6) is 5.75 Å². The number of hydrogen-bond donors (Lipinski definition) is 3. The molecule has 0 saturated carbocycles. The predicted octanol–water partition coefficient (Wildman–Crippen LogP) is 3.63. The Labute approximate surface area is 135 Å². The van der Waals surface area contributed by atoms with Gasteiger partial charge in [0.05, 0.1) is 0 Å². The lowest BCUT2D eigenvalue weighted by Gasteiger charge is -2.17. The summed E-state index contributed by atoms with van der Waals surface area (Å²) in [4.78, 5) is 24.0. The first-order valence-corrected chi connectivity index (χ1v) is 7.27. The van der Waals surface area contributed by atoms with Gasteiger partial charge in [-0.2, -0.15) is 0 Å². The SMILES string of the molecule is CC(C)(C)C(=O)Nc1ccc(C(=O)Nc2cccc(O)c2)cc1. The molecule has 23 heavy (non-hydrogen) atoms. The van der Waals surface area contributed by atoms with Crippen molar-refractivity contribution < 1.29 is 14.7 Å². The molecule has 0 aliphatic carbocycles. The van der Waals surface area contributed by atoms with Crippen molar-refractivity contribution in [3.05, 3.63) is 54.1 Å². The van der Waals surface area contributed by atoms with Crippen molar-refractivity contribution in [1.29, 1.82) is 0 Å². The number of rotatable bonds is 3. The highest BCUT2D eigenvalue weighted by Crippen LogP contribution is 2.19. The summed E-state index contributed by atoms with van der Waals surface area (Å²) >= 11 is 0. The number of phenolic OH excluding ortho intramolecular Hbond substituents is 1. The number of aromatic hydroxyl groups is 1. The molecule has 0 fully saturated rings. The van der Waals surface area contributed by atoms with Gasteiger partial charge in [-0.1, -0.05) is 26.8 Å². The lowest BCUT2D eigenvalue weighted by atomic mass is 9.95. The average Bonchev–Trinajstić information content (AvgIpc) is 2.47. The minimum absolute atomic E-state index is 0.0861. The van der Waals surface area contributed by atoms with Crippen molar-refractivity contribution in [3.8, 4) is 5.75 Å². The molecule has 2 aromatic rings. The van der Waals surface area contributed by atoms with E-state index in [4.69, 9.17) is 0 Å². The van der Waals surface area contributed by atoms with Crippen LogP contribution >= 0.6 is 0 Å². The van der Waals surface area contributed by atoms with Crippen molar-refractivity contribution in [2.75, 3.05) is 10.6 Å². The van der Waals surface area contributed by atoms with Crippen molar-refractivity contribution >= 4 is 23.2 Å². The number of phenols is 1. The molecule has 0 unspecified atom stereocenters. The highest BCUT2D eigenvalue weighted by molar-refractivity contribution is 6.04. The molecular weight excluding hydrogens is 292 g/mol. The van der Waals surface area contributed by atoms with Gasteiger partial charge in [-0.3, -0.25) is 9.59 Å². The molecule has 0 radical (unpaired) electrons. The van der Waals surface area contributed by atoms with E-state index in [2.05, 4.69) is 10.6 Å². The normalized spacial score (nSPS) is 10.9. The number of nitrogens with one attached hydrogen (secondary N) is 2. The third-order valence-electron chi connectivity index (χ3n) is 3.19. The van der Waals surface area contributed by atoms with Gasteiger partial charge in [-0.25, -0.2) is 0 Å². The van der Waals surface area contributed by atoms with E-state index < -0.39 is 5.41 Å². The van der Waals surface area contributed by atoms with Crippen molar-refractivity contribution in [2.45, 2.75) is 20.8 Å². The minimum atomic E-state index is -0.481. The van der Waals surface area contributed by atoms with Gasteiger partial charge in [-0.15, -0.1) is 0 Å². The van der Waals surface area contributed by atoms with Gasteiger partial charge in [0.1, 0.15) is 5.75 Å². The smallest absolute Gasteiger partial charge is 0.255 e. The number of hydrogen-bond acceptors (Lipinski definition) is 3. The Kier molecular flexibility index (Phi) is 4.69. The first-order chi connectivity index (χ1) is 10.8.